The summed E-state index contributed by atoms with van der Waals surface area (Å²) in [7, 11) is 0. The van der Waals surface area contributed by atoms with Gasteiger partial charge >= 0.3 is 5.97 Å². The number of benzene rings is 1. The van der Waals surface area contributed by atoms with Gasteiger partial charge in [0.1, 0.15) is 5.52 Å². The summed E-state index contributed by atoms with van der Waals surface area (Å²) in [5.74, 6) is -0.877. The van der Waals surface area contributed by atoms with Gasteiger partial charge in [0, 0.05) is 36.4 Å². The van der Waals surface area contributed by atoms with Crippen LogP contribution in [0.15, 0.2) is 30.5 Å². The predicted octanol–water partition coefficient (Wildman–Crippen LogP) is 2.44. The molecule has 21 heavy (non-hydrogen) atoms. The van der Waals surface area contributed by atoms with E-state index in [4.69, 9.17) is 5.11 Å². The van der Waals surface area contributed by atoms with E-state index in [0.29, 0.717) is 24.0 Å². The lowest BCUT2D eigenvalue weighted by atomic mass is 10.1. The van der Waals surface area contributed by atoms with Gasteiger partial charge in [-0.25, -0.2) is 4.98 Å². The molecule has 0 saturated carbocycles. The average molecular weight is 289 g/mol. The second-order valence-electron chi connectivity index (χ2n) is 4.48. The Balaban J connectivity index is 2.51. The average Bonchev–Trinajstić information content (AvgIpc) is 2.47. The van der Waals surface area contributed by atoms with Gasteiger partial charge in [0.05, 0.1) is 11.3 Å². The fourth-order valence-electron chi connectivity index (χ4n) is 2.25. The van der Waals surface area contributed by atoms with Crippen LogP contribution in [-0.2, 0) is 4.79 Å². The molecular weight excluding hydrogens is 274 g/mol. The van der Waals surface area contributed by atoms with Crippen molar-refractivity contribution in [2.75, 3.05) is 18.0 Å². The standard InChI is InChI=1S/C14H15N3O4/c1-2-16(9-7-13(18)19)11-5-6-12(17(20)21)14-10(11)4-3-8-15-14/h3-6,8H,2,7,9H2,1H3,(H,18,19). The topological polar surface area (TPSA) is 96.6 Å². The van der Waals surface area contributed by atoms with Crippen molar-refractivity contribution in [3.8, 4) is 0 Å². The minimum Gasteiger partial charge on any atom is -0.481 e. The molecule has 1 N–H and O–H groups in total. The number of rotatable bonds is 6. The fourth-order valence-corrected chi connectivity index (χ4v) is 2.25. The van der Waals surface area contributed by atoms with Crippen LogP contribution < -0.4 is 4.90 Å². The highest BCUT2D eigenvalue weighted by atomic mass is 16.6. The van der Waals surface area contributed by atoms with E-state index in [9.17, 15) is 14.9 Å². The van der Waals surface area contributed by atoms with Gasteiger partial charge in [-0.2, -0.15) is 0 Å². The van der Waals surface area contributed by atoms with Crippen molar-refractivity contribution in [2.45, 2.75) is 13.3 Å². The Morgan fingerprint density at radius 2 is 2.19 bits per heavy atom. The van der Waals surface area contributed by atoms with Crippen molar-refractivity contribution in [3.05, 3.63) is 40.6 Å². The van der Waals surface area contributed by atoms with E-state index >= 15 is 0 Å². The maximum absolute atomic E-state index is 11.1. The van der Waals surface area contributed by atoms with Gasteiger partial charge in [0.2, 0.25) is 0 Å². The van der Waals surface area contributed by atoms with Crippen LogP contribution in [0.25, 0.3) is 10.9 Å². The molecule has 0 atom stereocenters. The van der Waals surface area contributed by atoms with Gasteiger partial charge < -0.3 is 10.0 Å². The Morgan fingerprint density at radius 3 is 2.81 bits per heavy atom. The first-order chi connectivity index (χ1) is 10.0. The highest BCUT2D eigenvalue weighted by Crippen LogP contribution is 2.32. The highest BCUT2D eigenvalue weighted by molar-refractivity contribution is 5.97. The summed E-state index contributed by atoms with van der Waals surface area (Å²) in [6, 6.07) is 6.52. The number of nitro groups is 1. The number of pyridine rings is 1. The highest BCUT2D eigenvalue weighted by Gasteiger charge is 2.18. The molecule has 0 radical (unpaired) electrons. The van der Waals surface area contributed by atoms with Crippen LogP contribution >= 0.6 is 0 Å². The zero-order valence-electron chi connectivity index (χ0n) is 11.5. The van der Waals surface area contributed by atoms with E-state index in [-0.39, 0.29) is 12.1 Å². The number of hydrogen-bond donors (Lipinski definition) is 1. The number of carboxylic acids is 1. The summed E-state index contributed by atoms with van der Waals surface area (Å²) in [5.41, 5.74) is 1.02. The van der Waals surface area contributed by atoms with Crippen LogP contribution in [0.5, 0.6) is 0 Å². The van der Waals surface area contributed by atoms with Gasteiger partial charge in [-0.05, 0) is 25.1 Å². The molecule has 0 amide bonds. The van der Waals surface area contributed by atoms with Crippen molar-refractivity contribution >= 4 is 28.2 Å². The lowest BCUT2D eigenvalue weighted by molar-refractivity contribution is -0.383. The molecule has 7 nitrogen and oxygen atoms in total. The number of carbonyl (C=O) groups is 1. The summed E-state index contributed by atoms with van der Waals surface area (Å²) in [6.07, 6.45) is 1.51. The maximum Gasteiger partial charge on any atom is 0.305 e. The molecule has 1 heterocycles. The van der Waals surface area contributed by atoms with Crippen LogP contribution in [0, 0.1) is 10.1 Å². The summed E-state index contributed by atoms with van der Waals surface area (Å²) >= 11 is 0. The zero-order valence-corrected chi connectivity index (χ0v) is 11.5. The van der Waals surface area contributed by atoms with Crippen LogP contribution in [0.3, 0.4) is 0 Å². The molecule has 110 valence electrons. The second kappa shape index (κ2) is 6.17. The number of aliphatic carboxylic acids is 1. The van der Waals surface area contributed by atoms with Crippen LogP contribution in [0.1, 0.15) is 13.3 Å². The lowest BCUT2D eigenvalue weighted by Gasteiger charge is -2.23. The molecule has 0 saturated heterocycles. The molecule has 2 aromatic rings. The van der Waals surface area contributed by atoms with Crippen LogP contribution in [0.2, 0.25) is 0 Å². The number of non-ortho nitro benzene ring substituents is 1. The van der Waals surface area contributed by atoms with E-state index in [0.717, 1.165) is 5.69 Å². The van der Waals surface area contributed by atoms with E-state index in [1.54, 1.807) is 18.2 Å². The zero-order chi connectivity index (χ0) is 15.4. The van der Waals surface area contributed by atoms with E-state index in [2.05, 4.69) is 4.98 Å². The largest absolute Gasteiger partial charge is 0.481 e. The molecule has 7 heteroatoms. The third-order valence-electron chi connectivity index (χ3n) is 3.24. The van der Waals surface area contributed by atoms with Crippen molar-refractivity contribution in [3.63, 3.8) is 0 Å². The van der Waals surface area contributed by atoms with E-state index < -0.39 is 10.9 Å². The third-order valence-corrected chi connectivity index (χ3v) is 3.24. The van der Waals surface area contributed by atoms with Gasteiger partial charge in [-0.1, -0.05) is 0 Å². The molecule has 1 aromatic heterocycles. The first kappa shape index (κ1) is 14.7. The summed E-state index contributed by atoms with van der Waals surface area (Å²) in [6.45, 7) is 2.86. The van der Waals surface area contributed by atoms with Gasteiger partial charge in [-0.3, -0.25) is 14.9 Å². The maximum atomic E-state index is 11.1. The summed E-state index contributed by atoms with van der Waals surface area (Å²) in [5, 5.41) is 20.5. The third kappa shape index (κ3) is 3.07. The normalized spacial score (nSPS) is 10.5. The Hall–Kier alpha value is -2.70. The van der Waals surface area contributed by atoms with Crippen molar-refractivity contribution in [1.82, 2.24) is 4.98 Å². The van der Waals surface area contributed by atoms with E-state index in [1.165, 1.54) is 12.3 Å². The van der Waals surface area contributed by atoms with Crippen LogP contribution in [0.4, 0.5) is 11.4 Å². The Kier molecular flexibility index (Phi) is 4.32. The Bertz CT molecular complexity index is 687. The van der Waals surface area contributed by atoms with Gasteiger partial charge in [0.25, 0.3) is 5.69 Å². The molecule has 0 unspecified atom stereocenters. The molecular formula is C14H15N3O4. The molecule has 0 fully saturated rings. The number of aromatic nitrogens is 1. The molecule has 0 aliphatic carbocycles. The number of fused-ring (bicyclic) bond motifs is 1. The lowest BCUT2D eigenvalue weighted by Crippen LogP contribution is -2.26. The number of hydrogen-bond acceptors (Lipinski definition) is 5. The van der Waals surface area contributed by atoms with Crippen molar-refractivity contribution in [1.29, 1.82) is 0 Å². The first-order valence-corrected chi connectivity index (χ1v) is 6.53. The Labute approximate surface area is 121 Å². The SMILES string of the molecule is CCN(CCC(=O)O)c1ccc([N+](=O)[O-])c2ncccc12. The summed E-state index contributed by atoms with van der Waals surface area (Å²) < 4.78 is 0. The molecule has 0 spiro atoms. The van der Waals surface area contributed by atoms with Gasteiger partial charge in [0.15, 0.2) is 0 Å². The minimum absolute atomic E-state index is 0.00653. The molecule has 0 aliphatic rings. The molecule has 1 aromatic carbocycles. The quantitative estimate of drug-likeness (QED) is 0.648. The molecule has 0 aliphatic heterocycles. The fraction of sp³-hybridized carbons (Fsp3) is 0.286. The molecule has 2 rings (SSSR count). The Morgan fingerprint density at radius 1 is 1.43 bits per heavy atom. The first-order valence-electron chi connectivity index (χ1n) is 6.53. The second-order valence-corrected chi connectivity index (χ2v) is 4.48. The monoisotopic (exact) mass is 289 g/mol. The number of carboxylic acid groups (broad SMARTS) is 1. The smallest absolute Gasteiger partial charge is 0.305 e. The van der Waals surface area contributed by atoms with Crippen molar-refractivity contribution in [2.24, 2.45) is 0 Å². The predicted molar refractivity (Wildman–Crippen MR) is 78.5 cm³/mol. The van der Waals surface area contributed by atoms with Crippen molar-refractivity contribution < 1.29 is 14.8 Å². The van der Waals surface area contributed by atoms with E-state index in [1.807, 2.05) is 11.8 Å². The number of nitrogens with zero attached hydrogens (tertiary/aromatic N) is 3. The minimum atomic E-state index is -0.877. The molecule has 0 bridgehead atoms. The van der Waals surface area contributed by atoms with Crippen LogP contribution in [-0.4, -0.2) is 34.1 Å². The number of nitro benzene ring substituents is 1. The summed E-state index contributed by atoms with van der Waals surface area (Å²) in [4.78, 5) is 27.3. The number of anilines is 1. The van der Waals surface area contributed by atoms with Gasteiger partial charge in [-0.15, -0.1) is 0 Å².